The van der Waals surface area contributed by atoms with Crippen molar-refractivity contribution in [1.29, 1.82) is 0 Å². The average molecular weight is 297 g/mol. The Kier molecular flexibility index (Phi) is 3.65. The predicted octanol–water partition coefficient (Wildman–Crippen LogP) is 2.73. The first-order valence-corrected chi connectivity index (χ1v) is 7.43. The van der Waals surface area contributed by atoms with Crippen molar-refractivity contribution in [3.8, 4) is 0 Å². The normalized spacial score (nSPS) is 26.3. The highest BCUT2D eigenvalue weighted by Gasteiger charge is 2.36. The molecule has 0 radical (unpaired) electrons. The number of fused-ring (bicyclic) bond motifs is 1. The van der Waals surface area contributed by atoms with E-state index in [1.54, 1.807) is 0 Å². The van der Waals surface area contributed by atoms with Crippen LogP contribution in [-0.2, 0) is 4.74 Å². The van der Waals surface area contributed by atoms with Gasteiger partial charge in [-0.05, 0) is 37.5 Å². The summed E-state index contributed by atoms with van der Waals surface area (Å²) in [5, 5.41) is 0.631. The van der Waals surface area contributed by atoms with Crippen LogP contribution >= 0.6 is 23.8 Å². The summed E-state index contributed by atoms with van der Waals surface area (Å²) >= 11 is 11.2. The maximum atomic E-state index is 6.26. The van der Waals surface area contributed by atoms with Crippen molar-refractivity contribution in [3.63, 3.8) is 0 Å². The molecule has 1 saturated carbocycles. The molecule has 1 aliphatic heterocycles. The number of anilines is 1. The highest BCUT2D eigenvalue weighted by Crippen LogP contribution is 2.34. The molecule has 2 N–H and O–H groups in total. The van der Waals surface area contributed by atoms with Crippen molar-refractivity contribution in [2.45, 2.75) is 31.4 Å². The summed E-state index contributed by atoms with van der Waals surface area (Å²) in [4.78, 5) is 2.76. The molecule has 2 aliphatic rings. The van der Waals surface area contributed by atoms with Crippen LogP contribution in [-0.4, -0.2) is 30.3 Å². The molecular weight excluding hydrogens is 280 g/mol. The Morgan fingerprint density at radius 2 is 2.26 bits per heavy atom. The van der Waals surface area contributed by atoms with Gasteiger partial charge in [0.05, 0.1) is 23.8 Å². The van der Waals surface area contributed by atoms with Crippen LogP contribution in [0.1, 0.15) is 24.8 Å². The Morgan fingerprint density at radius 3 is 3.00 bits per heavy atom. The fourth-order valence-electron chi connectivity index (χ4n) is 3.13. The predicted molar refractivity (Wildman–Crippen MR) is 82.1 cm³/mol. The van der Waals surface area contributed by atoms with E-state index < -0.39 is 0 Å². The van der Waals surface area contributed by atoms with Crippen molar-refractivity contribution >= 4 is 34.5 Å². The van der Waals surface area contributed by atoms with Gasteiger partial charge < -0.3 is 15.4 Å². The first kappa shape index (κ1) is 13.2. The monoisotopic (exact) mass is 296 g/mol. The van der Waals surface area contributed by atoms with Crippen LogP contribution in [0, 0.1) is 0 Å². The molecular formula is C14H17ClN2OS. The highest BCUT2D eigenvalue weighted by atomic mass is 35.5. The Hall–Kier alpha value is -0.840. The molecule has 3 nitrogen and oxygen atoms in total. The smallest absolute Gasteiger partial charge is 0.105 e. The zero-order valence-corrected chi connectivity index (χ0v) is 12.2. The number of thiocarbonyl (C=S) groups is 1. The Morgan fingerprint density at radius 1 is 1.42 bits per heavy atom. The molecule has 0 spiro atoms. The minimum absolute atomic E-state index is 0.345. The van der Waals surface area contributed by atoms with Gasteiger partial charge in [0.25, 0.3) is 0 Å². The number of hydrogen-bond acceptors (Lipinski definition) is 3. The average Bonchev–Trinajstić information content (AvgIpc) is 2.86. The first-order valence-electron chi connectivity index (χ1n) is 6.64. The van der Waals surface area contributed by atoms with Crippen molar-refractivity contribution in [2.75, 3.05) is 18.1 Å². The van der Waals surface area contributed by atoms with E-state index in [0.29, 0.717) is 22.2 Å². The number of nitrogens with zero attached hydrogens (tertiary/aromatic N) is 1. The zero-order valence-electron chi connectivity index (χ0n) is 10.6. The standard InChI is InChI=1S/C14H17ClN2OS/c15-11-8-9(4-5-10(11)14(16)19)17-6-7-18-13-3-1-2-12(13)17/h4-5,8,12-13H,1-3,6-7H2,(H2,16,19). The number of rotatable bonds is 2. The minimum Gasteiger partial charge on any atom is -0.389 e. The van der Waals surface area contributed by atoms with Gasteiger partial charge in [0.1, 0.15) is 4.99 Å². The van der Waals surface area contributed by atoms with Gasteiger partial charge in [-0.3, -0.25) is 0 Å². The summed E-state index contributed by atoms with van der Waals surface area (Å²) in [6.07, 6.45) is 3.98. The number of nitrogens with two attached hydrogens (primary N) is 1. The third kappa shape index (κ3) is 2.45. The topological polar surface area (TPSA) is 38.5 Å². The number of hydrogen-bond donors (Lipinski definition) is 1. The summed E-state index contributed by atoms with van der Waals surface area (Å²) in [7, 11) is 0. The third-order valence-corrected chi connectivity index (χ3v) is 4.56. The molecule has 102 valence electrons. The quantitative estimate of drug-likeness (QED) is 0.852. The summed E-state index contributed by atoms with van der Waals surface area (Å²) in [6, 6.07) is 6.43. The Bertz CT molecular complexity index is 508. The molecule has 1 aromatic rings. The van der Waals surface area contributed by atoms with E-state index in [1.807, 2.05) is 12.1 Å². The van der Waals surface area contributed by atoms with E-state index in [1.165, 1.54) is 19.3 Å². The number of benzene rings is 1. The minimum atomic E-state index is 0.345. The SMILES string of the molecule is NC(=S)c1ccc(N2CCOC3CCCC32)cc1Cl. The van der Waals surface area contributed by atoms with Crippen LogP contribution in [0.3, 0.4) is 0 Å². The van der Waals surface area contributed by atoms with Crippen LogP contribution in [0.25, 0.3) is 0 Å². The summed E-state index contributed by atoms with van der Waals surface area (Å²) in [6.45, 7) is 1.71. The van der Waals surface area contributed by atoms with Gasteiger partial charge in [0.15, 0.2) is 0 Å². The largest absolute Gasteiger partial charge is 0.389 e. The van der Waals surface area contributed by atoms with Gasteiger partial charge in [-0.1, -0.05) is 23.8 Å². The molecule has 2 fully saturated rings. The molecule has 0 aromatic heterocycles. The fraction of sp³-hybridized carbons (Fsp3) is 0.500. The molecule has 2 atom stereocenters. The van der Waals surface area contributed by atoms with Crippen molar-refractivity contribution in [1.82, 2.24) is 0 Å². The second kappa shape index (κ2) is 5.27. The summed E-state index contributed by atoms with van der Waals surface area (Å²) in [5.74, 6) is 0. The number of ether oxygens (including phenoxy) is 1. The molecule has 1 heterocycles. The molecule has 5 heteroatoms. The Labute approximate surface area is 123 Å². The summed E-state index contributed by atoms with van der Waals surface area (Å²) < 4.78 is 5.83. The number of halogens is 1. The summed E-state index contributed by atoms with van der Waals surface area (Å²) in [5.41, 5.74) is 7.53. The van der Waals surface area contributed by atoms with E-state index in [0.717, 1.165) is 24.4 Å². The van der Waals surface area contributed by atoms with E-state index in [9.17, 15) is 0 Å². The van der Waals surface area contributed by atoms with Crippen molar-refractivity contribution in [2.24, 2.45) is 5.73 Å². The second-order valence-electron chi connectivity index (χ2n) is 5.13. The maximum absolute atomic E-state index is 6.26. The molecule has 0 bridgehead atoms. The van der Waals surface area contributed by atoms with Gasteiger partial charge >= 0.3 is 0 Å². The first-order chi connectivity index (χ1) is 9.16. The van der Waals surface area contributed by atoms with Crippen LogP contribution in [0.4, 0.5) is 5.69 Å². The maximum Gasteiger partial charge on any atom is 0.105 e. The van der Waals surface area contributed by atoms with Crippen LogP contribution < -0.4 is 10.6 Å². The van der Waals surface area contributed by atoms with Crippen molar-refractivity contribution < 1.29 is 4.74 Å². The molecule has 2 unspecified atom stereocenters. The second-order valence-corrected chi connectivity index (χ2v) is 5.98. The van der Waals surface area contributed by atoms with Gasteiger partial charge in [-0.25, -0.2) is 0 Å². The molecule has 1 aromatic carbocycles. The van der Waals surface area contributed by atoms with Crippen LogP contribution in [0.5, 0.6) is 0 Å². The van der Waals surface area contributed by atoms with Crippen LogP contribution in [0.2, 0.25) is 5.02 Å². The van der Waals surface area contributed by atoms with E-state index in [-0.39, 0.29) is 0 Å². The van der Waals surface area contributed by atoms with Gasteiger partial charge in [-0.2, -0.15) is 0 Å². The van der Waals surface area contributed by atoms with E-state index >= 15 is 0 Å². The highest BCUT2D eigenvalue weighted by molar-refractivity contribution is 7.80. The number of morpholine rings is 1. The van der Waals surface area contributed by atoms with Gasteiger partial charge in [0.2, 0.25) is 0 Å². The lowest BCUT2D eigenvalue weighted by atomic mass is 10.1. The lowest BCUT2D eigenvalue weighted by molar-refractivity contribution is 0.0256. The molecule has 1 saturated heterocycles. The van der Waals surface area contributed by atoms with Crippen molar-refractivity contribution in [3.05, 3.63) is 28.8 Å². The fourth-order valence-corrected chi connectivity index (χ4v) is 3.64. The lowest BCUT2D eigenvalue weighted by Gasteiger charge is -2.39. The molecule has 0 amide bonds. The molecule has 19 heavy (non-hydrogen) atoms. The molecule has 1 aliphatic carbocycles. The lowest BCUT2D eigenvalue weighted by Crippen LogP contribution is -2.48. The van der Waals surface area contributed by atoms with Gasteiger partial charge in [0, 0.05) is 17.8 Å². The Balaban J connectivity index is 1.89. The van der Waals surface area contributed by atoms with E-state index in [2.05, 4.69) is 11.0 Å². The zero-order chi connectivity index (χ0) is 13.4. The van der Waals surface area contributed by atoms with Gasteiger partial charge in [-0.15, -0.1) is 0 Å². The third-order valence-electron chi connectivity index (χ3n) is 4.03. The molecule has 3 rings (SSSR count). The van der Waals surface area contributed by atoms with E-state index in [4.69, 9.17) is 34.3 Å². The van der Waals surface area contributed by atoms with Crippen LogP contribution in [0.15, 0.2) is 18.2 Å².